The third-order valence-corrected chi connectivity index (χ3v) is 2.84. The third-order valence-electron chi connectivity index (χ3n) is 2.84. The molecule has 0 saturated heterocycles. The Labute approximate surface area is 110 Å². The smallest absolute Gasteiger partial charge is 0.123 e. The second-order valence-electron chi connectivity index (χ2n) is 4.89. The topological polar surface area (TPSA) is 21.3 Å². The summed E-state index contributed by atoms with van der Waals surface area (Å²) in [6.45, 7) is 9.66. The van der Waals surface area contributed by atoms with Gasteiger partial charge in [0, 0.05) is 0 Å². The molecule has 0 amide bonds. The number of hydrogen-bond acceptors (Lipinski definition) is 2. The van der Waals surface area contributed by atoms with Crippen LogP contribution in [0.15, 0.2) is 18.2 Å². The number of aryl methyl sites for hydroxylation is 1. The van der Waals surface area contributed by atoms with Crippen LogP contribution < -0.4 is 5.32 Å². The van der Waals surface area contributed by atoms with E-state index in [-0.39, 0.29) is 18.0 Å². The predicted octanol–water partition coefficient (Wildman–Crippen LogP) is 3.60. The summed E-state index contributed by atoms with van der Waals surface area (Å²) < 4.78 is 18.8. The third kappa shape index (κ3) is 4.75. The van der Waals surface area contributed by atoms with Crippen LogP contribution in [-0.2, 0) is 4.74 Å². The van der Waals surface area contributed by atoms with Crippen LogP contribution in [0.3, 0.4) is 0 Å². The zero-order chi connectivity index (χ0) is 13.5. The molecule has 0 heterocycles. The van der Waals surface area contributed by atoms with E-state index >= 15 is 0 Å². The van der Waals surface area contributed by atoms with Crippen molar-refractivity contribution in [3.8, 4) is 0 Å². The molecule has 0 aliphatic rings. The van der Waals surface area contributed by atoms with E-state index in [1.807, 2.05) is 26.8 Å². The minimum absolute atomic E-state index is 0.132. The van der Waals surface area contributed by atoms with Crippen molar-refractivity contribution >= 4 is 0 Å². The van der Waals surface area contributed by atoms with Crippen molar-refractivity contribution in [2.75, 3.05) is 13.2 Å². The normalized spacial score (nSPS) is 13.0. The van der Waals surface area contributed by atoms with Crippen LogP contribution in [0.5, 0.6) is 0 Å². The minimum Gasteiger partial charge on any atom is -0.377 e. The average Bonchev–Trinajstić information content (AvgIpc) is 2.30. The van der Waals surface area contributed by atoms with Crippen molar-refractivity contribution in [3.63, 3.8) is 0 Å². The fourth-order valence-corrected chi connectivity index (χ4v) is 1.90. The maximum Gasteiger partial charge on any atom is 0.123 e. The lowest BCUT2D eigenvalue weighted by Gasteiger charge is -2.22. The molecule has 0 aliphatic carbocycles. The van der Waals surface area contributed by atoms with Gasteiger partial charge in [-0.05, 0) is 57.0 Å². The molecular formula is C15H24FNO. The van der Waals surface area contributed by atoms with E-state index in [0.717, 1.165) is 24.1 Å². The highest BCUT2D eigenvalue weighted by atomic mass is 19.1. The molecule has 1 N–H and O–H groups in total. The Hall–Kier alpha value is -0.930. The summed E-state index contributed by atoms with van der Waals surface area (Å²) in [6.07, 6.45) is 1.27. The molecule has 18 heavy (non-hydrogen) atoms. The molecule has 0 fully saturated rings. The fraction of sp³-hybridized carbons (Fsp3) is 0.600. The van der Waals surface area contributed by atoms with Gasteiger partial charge in [0.15, 0.2) is 0 Å². The number of hydrogen-bond donors (Lipinski definition) is 1. The van der Waals surface area contributed by atoms with Crippen molar-refractivity contribution in [2.24, 2.45) is 0 Å². The maximum atomic E-state index is 13.1. The molecule has 0 spiro atoms. The molecule has 0 radical (unpaired) electrons. The minimum atomic E-state index is -0.185. The zero-order valence-electron chi connectivity index (χ0n) is 11.8. The van der Waals surface area contributed by atoms with Gasteiger partial charge in [0.2, 0.25) is 0 Å². The van der Waals surface area contributed by atoms with Gasteiger partial charge in [-0.25, -0.2) is 4.39 Å². The van der Waals surface area contributed by atoms with Crippen molar-refractivity contribution in [3.05, 3.63) is 35.1 Å². The van der Waals surface area contributed by atoms with E-state index in [0.29, 0.717) is 6.61 Å². The Morgan fingerprint density at radius 2 is 2.06 bits per heavy atom. The zero-order valence-corrected chi connectivity index (χ0v) is 11.8. The summed E-state index contributed by atoms with van der Waals surface area (Å²) in [5.74, 6) is -0.185. The lowest BCUT2D eigenvalue weighted by atomic mass is 10.0. The SMILES string of the molecule is CCCNC(COC(C)C)c1ccc(F)cc1C. The first-order valence-electron chi connectivity index (χ1n) is 6.65. The standard InChI is InChI=1S/C15H24FNO/c1-5-8-17-15(10-18-11(2)3)14-7-6-13(16)9-12(14)4/h6-7,9,11,15,17H,5,8,10H2,1-4H3. The molecule has 1 aromatic carbocycles. The predicted molar refractivity (Wildman–Crippen MR) is 73.3 cm³/mol. The van der Waals surface area contributed by atoms with Gasteiger partial charge in [0.05, 0.1) is 18.8 Å². The van der Waals surface area contributed by atoms with Gasteiger partial charge in [-0.2, -0.15) is 0 Å². The molecule has 102 valence electrons. The molecule has 1 rings (SSSR count). The highest BCUT2D eigenvalue weighted by Crippen LogP contribution is 2.19. The first kappa shape index (κ1) is 15.1. The number of benzene rings is 1. The van der Waals surface area contributed by atoms with Crippen LogP contribution in [0, 0.1) is 12.7 Å². The molecule has 0 bridgehead atoms. The molecule has 0 saturated carbocycles. The quantitative estimate of drug-likeness (QED) is 0.801. The largest absolute Gasteiger partial charge is 0.377 e. The average molecular weight is 253 g/mol. The molecule has 1 aromatic rings. The highest BCUT2D eigenvalue weighted by molar-refractivity contribution is 5.29. The van der Waals surface area contributed by atoms with E-state index in [1.54, 1.807) is 6.07 Å². The summed E-state index contributed by atoms with van der Waals surface area (Å²) in [7, 11) is 0. The molecule has 2 nitrogen and oxygen atoms in total. The number of ether oxygens (including phenoxy) is 1. The fourth-order valence-electron chi connectivity index (χ4n) is 1.90. The summed E-state index contributed by atoms with van der Waals surface area (Å²) in [4.78, 5) is 0. The van der Waals surface area contributed by atoms with Crippen LogP contribution >= 0.6 is 0 Å². The molecule has 1 atom stereocenters. The van der Waals surface area contributed by atoms with E-state index < -0.39 is 0 Å². The van der Waals surface area contributed by atoms with Crippen LogP contribution in [0.4, 0.5) is 4.39 Å². The van der Waals surface area contributed by atoms with Crippen LogP contribution in [0.1, 0.15) is 44.4 Å². The molecule has 0 aromatic heterocycles. The van der Waals surface area contributed by atoms with Crippen LogP contribution in [0.2, 0.25) is 0 Å². The van der Waals surface area contributed by atoms with Gasteiger partial charge >= 0.3 is 0 Å². The van der Waals surface area contributed by atoms with Crippen LogP contribution in [-0.4, -0.2) is 19.3 Å². The molecule has 3 heteroatoms. The Bertz CT molecular complexity index is 366. The summed E-state index contributed by atoms with van der Waals surface area (Å²) >= 11 is 0. The van der Waals surface area contributed by atoms with E-state index in [1.165, 1.54) is 6.07 Å². The Morgan fingerprint density at radius 3 is 2.61 bits per heavy atom. The van der Waals surface area contributed by atoms with Crippen molar-refractivity contribution in [1.82, 2.24) is 5.32 Å². The Morgan fingerprint density at radius 1 is 1.33 bits per heavy atom. The number of halogens is 1. The van der Waals surface area contributed by atoms with E-state index in [2.05, 4.69) is 12.2 Å². The van der Waals surface area contributed by atoms with E-state index in [9.17, 15) is 4.39 Å². The van der Waals surface area contributed by atoms with Gasteiger partial charge in [0.1, 0.15) is 5.82 Å². The Kier molecular flexibility index (Phi) is 6.30. The summed E-state index contributed by atoms with van der Waals surface area (Å²) in [5, 5.41) is 3.45. The highest BCUT2D eigenvalue weighted by Gasteiger charge is 2.14. The monoisotopic (exact) mass is 253 g/mol. The van der Waals surface area contributed by atoms with E-state index in [4.69, 9.17) is 4.74 Å². The number of rotatable bonds is 7. The van der Waals surface area contributed by atoms with Crippen molar-refractivity contribution < 1.29 is 9.13 Å². The lowest BCUT2D eigenvalue weighted by molar-refractivity contribution is 0.0610. The molecule has 0 aliphatic heterocycles. The summed E-state index contributed by atoms with van der Waals surface area (Å²) in [6, 6.07) is 5.07. The van der Waals surface area contributed by atoms with Gasteiger partial charge in [-0.1, -0.05) is 13.0 Å². The van der Waals surface area contributed by atoms with Gasteiger partial charge < -0.3 is 10.1 Å². The van der Waals surface area contributed by atoms with Gasteiger partial charge in [-0.3, -0.25) is 0 Å². The second kappa shape index (κ2) is 7.49. The maximum absolute atomic E-state index is 13.1. The Balaban J connectivity index is 2.79. The first-order chi connectivity index (χ1) is 8.54. The molecular weight excluding hydrogens is 229 g/mol. The van der Waals surface area contributed by atoms with Gasteiger partial charge in [0.25, 0.3) is 0 Å². The van der Waals surface area contributed by atoms with Gasteiger partial charge in [-0.15, -0.1) is 0 Å². The number of nitrogens with one attached hydrogen (secondary N) is 1. The lowest BCUT2D eigenvalue weighted by Crippen LogP contribution is -2.28. The first-order valence-corrected chi connectivity index (χ1v) is 6.65. The van der Waals surface area contributed by atoms with Crippen molar-refractivity contribution in [1.29, 1.82) is 0 Å². The summed E-state index contributed by atoms with van der Waals surface area (Å²) in [5.41, 5.74) is 2.08. The second-order valence-corrected chi connectivity index (χ2v) is 4.89. The molecule has 1 unspecified atom stereocenters. The van der Waals surface area contributed by atoms with Crippen LogP contribution in [0.25, 0.3) is 0 Å². The van der Waals surface area contributed by atoms with Crippen molar-refractivity contribution in [2.45, 2.75) is 46.3 Å².